The minimum absolute atomic E-state index is 0.131. The molecule has 0 aliphatic heterocycles. The van der Waals surface area contributed by atoms with Crippen LogP contribution in [-0.2, 0) is 4.74 Å². The molecule has 116 valence electrons. The van der Waals surface area contributed by atoms with E-state index in [1.54, 1.807) is 0 Å². The molecule has 0 aromatic heterocycles. The van der Waals surface area contributed by atoms with Gasteiger partial charge in [0.05, 0.1) is 18.3 Å². The van der Waals surface area contributed by atoms with Crippen LogP contribution in [0.5, 0.6) is 0 Å². The quantitative estimate of drug-likeness (QED) is 0.754. The van der Waals surface area contributed by atoms with Gasteiger partial charge in [0.25, 0.3) is 0 Å². The first-order chi connectivity index (χ1) is 9.58. The Morgan fingerprint density at radius 2 is 1.70 bits per heavy atom. The van der Waals surface area contributed by atoms with Crippen LogP contribution < -0.4 is 5.32 Å². The lowest BCUT2D eigenvalue weighted by molar-refractivity contribution is -0.174. The zero-order valence-corrected chi connectivity index (χ0v) is 13.1. The minimum Gasteiger partial charge on any atom is -0.389 e. The number of hydrogen-bond acceptors (Lipinski definition) is 3. The third kappa shape index (κ3) is 3.20. The lowest BCUT2D eigenvalue weighted by Gasteiger charge is -2.56. The summed E-state index contributed by atoms with van der Waals surface area (Å²) in [6.45, 7) is 5.49. The lowest BCUT2D eigenvalue weighted by Crippen LogP contribution is -2.53. The summed E-state index contributed by atoms with van der Waals surface area (Å²) in [6.07, 6.45) is 8.83. The molecule has 3 nitrogen and oxygen atoms in total. The minimum atomic E-state index is -0.364. The first-order valence-electron chi connectivity index (χ1n) is 8.64. The van der Waals surface area contributed by atoms with Gasteiger partial charge in [-0.25, -0.2) is 0 Å². The van der Waals surface area contributed by atoms with Gasteiger partial charge in [0.2, 0.25) is 0 Å². The maximum Gasteiger partial charge on any atom is 0.0898 e. The van der Waals surface area contributed by atoms with Crippen LogP contribution in [0.3, 0.4) is 0 Å². The van der Waals surface area contributed by atoms with Crippen LogP contribution in [0.15, 0.2) is 0 Å². The summed E-state index contributed by atoms with van der Waals surface area (Å²) in [5.41, 5.74) is 0.131. The topological polar surface area (TPSA) is 41.5 Å². The first-order valence-corrected chi connectivity index (χ1v) is 8.64. The highest BCUT2D eigenvalue weighted by Crippen LogP contribution is 2.57. The molecule has 4 rings (SSSR count). The molecule has 0 unspecified atom stereocenters. The molecule has 4 aliphatic carbocycles. The molecule has 4 bridgehead atoms. The predicted octanol–water partition coefficient (Wildman–Crippen LogP) is 2.72. The molecule has 4 saturated carbocycles. The highest BCUT2D eigenvalue weighted by atomic mass is 16.5. The second-order valence-corrected chi connectivity index (χ2v) is 7.78. The molecular formula is C17H31NO2. The van der Waals surface area contributed by atoms with Crippen LogP contribution in [0, 0.1) is 17.8 Å². The van der Waals surface area contributed by atoms with Crippen molar-refractivity contribution in [1.82, 2.24) is 5.32 Å². The Morgan fingerprint density at radius 3 is 2.20 bits per heavy atom. The van der Waals surface area contributed by atoms with Crippen LogP contribution >= 0.6 is 0 Å². The van der Waals surface area contributed by atoms with Gasteiger partial charge < -0.3 is 15.2 Å². The molecule has 2 N–H and O–H groups in total. The molecule has 2 atom stereocenters. The van der Waals surface area contributed by atoms with Gasteiger partial charge in [-0.3, -0.25) is 0 Å². The van der Waals surface area contributed by atoms with Crippen molar-refractivity contribution in [2.24, 2.45) is 17.8 Å². The van der Waals surface area contributed by atoms with Crippen molar-refractivity contribution in [3.05, 3.63) is 0 Å². The number of ether oxygens (including phenoxy) is 1. The van der Waals surface area contributed by atoms with E-state index in [2.05, 4.69) is 19.2 Å². The van der Waals surface area contributed by atoms with E-state index in [1.165, 1.54) is 38.5 Å². The van der Waals surface area contributed by atoms with E-state index in [9.17, 15) is 5.11 Å². The molecule has 0 aromatic carbocycles. The average molecular weight is 281 g/mol. The summed E-state index contributed by atoms with van der Waals surface area (Å²) in [5.74, 6) is 2.74. The molecule has 0 amide bonds. The van der Waals surface area contributed by atoms with E-state index in [-0.39, 0.29) is 11.7 Å². The number of nitrogens with one attached hydrogen (secondary N) is 1. The van der Waals surface area contributed by atoms with E-state index >= 15 is 0 Å². The van der Waals surface area contributed by atoms with Crippen molar-refractivity contribution in [1.29, 1.82) is 0 Å². The molecule has 0 spiro atoms. The highest BCUT2D eigenvalue weighted by Gasteiger charge is 2.51. The zero-order chi connectivity index (χ0) is 14.2. The molecule has 4 fully saturated rings. The van der Waals surface area contributed by atoms with Crippen LogP contribution in [0.1, 0.15) is 58.8 Å². The summed E-state index contributed by atoms with van der Waals surface area (Å²) in [6, 6.07) is 0.476. The second-order valence-electron chi connectivity index (χ2n) is 7.78. The van der Waals surface area contributed by atoms with Crippen molar-refractivity contribution in [3.8, 4) is 0 Å². The Labute approximate surface area is 123 Å². The molecule has 0 radical (unpaired) electrons. The Hall–Kier alpha value is -0.120. The summed E-state index contributed by atoms with van der Waals surface area (Å²) < 4.78 is 6.28. The van der Waals surface area contributed by atoms with E-state index in [4.69, 9.17) is 4.74 Å². The summed E-state index contributed by atoms with van der Waals surface area (Å²) in [7, 11) is 0. The van der Waals surface area contributed by atoms with E-state index in [1.807, 2.05) is 0 Å². The fourth-order valence-electron chi connectivity index (χ4n) is 5.02. The van der Waals surface area contributed by atoms with Crippen LogP contribution in [0.25, 0.3) is 0 Å². The first kappa shape index (κ1) is 14.8. The predicted molar refractivity (Wildman–Crippen MR) is 80.6 cm³/mol. The number of hydrogen-bond donors (Lipinski definition) is 2. The van der Waals surface area contributed by atoms with Gasteiger partial charge in [0.1, 0.15) is 0 Å². The van der Waals surface area contributed by atoms with Crippen molar-refractivity contribution in [2.45, 2.75) is 76.5 Å². The van der Waals surface area contributed by atoms with Crippen molar-refractivity contribution in [2.75, 3.05) is 13.2 Å². The van der Waals surface area contributed by atoms with Crippen LogP contribution in [0.4, 0.5) is 0 Å². The van der Waals surface area contributed by atoms with Gasteiger partial charge in [-0.1, -0.05) is 6.92 Å². The Morgan fingerprint density at radius 1 is 1.15 bits per heavy atom. The van der Waals surface area contributed by atoms with Crippen LogP contribution in [0.2, 0.25) is 0 Å². The van der Waals surface area contributed by atoms with Gasteiger partial charge >= 0.3 is 0 Å². The number of aliphatic hydroxyl groups is 1. The van der Waals surface area contributed by atoms with Crippen molar-refractivity contribution < 1.29 is 9.84 Å². The maximum atomic E-state index is 10.1. The van der Waals surface area contributed by atoms with Crippen molar-refractivity contribution in [3.63, 3.8) is 0 Å². The smallest absolute Gasteiger partial charge is 0.0898 e. The van der Waals surface area contributed by atoms with E-state index in [0.717, 1.165) is 24.2 Å². The Balaban J connectivity index is 1.46. The third-order valence-corrected chi connectivity index (χ3v) is 5.88. The van der Waals surface area contributed by atoms with E-state index in [0.29, 0.717) is 19.2 Å². The number of rotatable bonds is 7. The Bertz CT molecular complexity index is 296. The molecule has 20 heavy (non-hydrogen) atoms. The van der Waals surface area contributed by atoms with Gasteiger partial charge in [0.15, 0.2) is 0 Å². The van der Waals surface area contributed by atoms with Gasteiger partial charge in [-0.05, 0) is 69.6 Å². The van der Waals surface area contributed by atoms with Crippen molar-refractivity contribution >= 4 is 0 Å². The Kier molecular flexibility index (Phi) is 4.40. The summed E-state index contributed by atoms with van der Waals surface area (Å²) >= 11 is 0. The standard InChI is InChI=1S/C17H31NO2/c1-3-12(2)18-10-16(19)11-20-17-7-13-4-14(8-17)6-15(5-13)9-17/h12-16,18-19H,3-11H2,1-2H3/t12-,13?,14?,15?,16-,17?/m1/s1. The molecule has 3 heteroatoms. The SMILES string of the molecule is CC[C@@H](C)NC[C@@H](O)COC12CC3CC(CC(C3)C1)C2. The maximum absolute atomic E-state index is 10.1. The second kappa shape index (κ2) is 5.94. The molecular weight excluding hydrogens is 250 g/mol. The molecule has 0 aromatic rings. The summed E-state index contributed by atoms with van der Waals surface area (Å²) in [5, 5.41) is 13.5. The third-order valence-electron chi connectivity index (χ3n) is 5.88. The normalized spacial score (nSPS) is 41.9. The van der Waals surface area contributed by atoms with Gasteiger partial charge in [0, 0.05) is 12.6 Å². The lowest BCUT2D eigenvalue weighted by atomic mass is 9.54. The molecule has 4 aliphatic rings. The largest absolute Gasteiger partial charge is 0.389 e. The molecule has 0 heterocycles. The van der Waals surface area contributed by atoms with Crippen LogP contribution in [-0.4, -0.2) is 36.0 Å². The monoisotopic (exact) mass is 281 g/mol. The van der Waals surface area contributed by atoms with Gasteiger partial charge in [-0.15, -0.1) is 0 Å². The fraction of sp³-hybridized carbons (Fsp3) is 1.00. The zero-order valence-electron chi connectivity index (χ0n) is 13.1. The highest BCUT2D eigenvalue weighted by molar-refractivity contribution is 5.03. The summed E-state index contributed by atoms with van der Waals surface area (Å²) in [4.78, 5) is 0. The average Bonchev–Trinajstić information content (AvgIpc) is 2.41. The van der Waals surface area contributed by atoms with Gasteiger partial charge in [-0.2, -0.15) is 0 Å². The van der Waals surface area contributed by atoms with E-state index < -0.39 is 0 Å². The number of aliphatic hydroxyl groups excluding tert-OH is 1. The molecule has 0 saturated heterocycles. The fourth-order valence-corrected chi connectivity index (χ4v) is 5.02.